The fourth-order valence-electron chi connectivity index (χ4n) is 2.21. The van der Waals surface area contributed by atoms with Gasteiger partial charge < -0.3 is 27.2 Å². The van der Waals surface area contributed by atoms with Crippen molar-refractivity contribution in [3.8, 4) is 0 Å². The monoisotopic (exact) mass is 365 g/mol. The van der Waals surface area contributed by atoms with Crippen LogP contribution in [0.4, 0.5) is 11.4 Å². The maximum atomic E-state index is 11.9. The van der Waals surface area contributed by atoms with Crippen molar-refractivity contribution in [1.82, 2.24) is 10.3 Å². The molecule has 0 saturated heterocycles. The zero-order valence-electron chi connectivity index (χ0n) is 15.1. The van der Waals surface area contributed by atoms with Crippen molar-refractivity contribution in [2.45, 2.75) is 45.6 Å². The van der Waals surface area contributed by atoms with Gasteiger partial charge in [0.15, 0.2) is 0 Å². The number of pyridine rings is 1. The first-order valence-electron chi connectivity index (χ1n) is 8.57. The third-order valence-electron chi connectivity index (χ3n) is 4.18. The Hall–Kier alpha value is -2.68. The first-order chi connectivity index (χ1) is 12.3. The second kappa shape index (κ2) is 10.3. The summed E-state index contributed by atoms with van der Waals surface area (Å²) in [7, 11) is 0. The minimum atomic E-state index is -1.21. The summed E-state index contributed by atoms with van der Waals surface area (Å²) < 4.78 is 0. The Kier molecular flexibility index (Phi) is 8.50. The third-order valence-corrected chi connectivity index (χ3v) is 4.18. The maximum absolute atomic E-state index is 11.9. The first-order valence-corrected chi connectivity index (χ1v) is 8.57. The van der Waals surface area contributed by atoms with Crippen LogP contribution in [0.3, 0.4) is 0 Å². The van der Waals surface area contributed by atoms with Gasteiger partial charge in [-0.15, -0.1) is 0 Å². The Labute approximate surface area is 152 Å². The van der Waals surface area contributed by atoms with Gasteiger partial charge in [0.05, 0.1) is 23.6 Å². The van der Waals surface area contributed by atoms with Crippen LogP contribution in [0.2, 0.25) is 0 Å². The standard InChI is InChI=1S/C17H27N5O4/c1-3-10(2)14(18)16(24)21-7-5-4-6-13(23)22-12-9-20-8-11(15(12)19)17(25)26/h8-10,14H,3-7,18H2,1-2H3,(H2,19,20)(H,21,24)(H,22,23)(H,25,26)/t10?,14-/m0/s1. The normalized spacial score (nSPS) is 12.9. The molecule has 0 spiro atoms. The molecule has 9 nitrogen and oxygen atoms in total. The molecular formula is C17H27N5O4. The Morgan fingerprint density at radius 1 is 1.27 bits per heavy atom. The van der Waals surface area contributed by atoms with Gasteiger partial charge in [-0.1, -0.05) is 20.3 Å². The van der Waals surface area contributed by atoms with E-state index in [-0.39, 0.29) is 41.1 Å². The predicted octanol–water partition coefficient (Wildman–Crippen LogP) is 0.960. The third kappa shape index (κ3) is 6.32. The van der Waals surface area contributed by atoms with Crippen molar-refractivity contribution in [2.75, 3.05) is 17.6 Å². The number of carbonyl (C=O) groups excluding carboxylic acids is 2. The molecule has 1 heterocycles. The molecule has 0 saturated carbocycles. The number of carboxylic acids is 1. The number of nitrogens with zero attached hydrogens (tertiary/aromatic N) is 1. The van der Waals surface area contributed by atoms with Crippen LogP contribution in [-0.4, -0.2) is 40.5 Å². The number of rotatable bonds is 10. The number of nitrogen functional groups attached to an aromatic ring is 1. The van der Waals surface area contributed by atoms with E-state index in [2.05, 4.69) is 15.6 Å². The van der Waals surface area contributed by atoms with E-state index in [9.17, 15) is 14.4 Å². The van der Waals surface area contributed by atoms with Crippen LogP contribution in [0.15, 0.2) is 12.4 Å². The maximum Gasteiger partial charge on any atom is 0.339 e. The summed E-state index contributed by atoms with van der Waals surface area (Å²) in [6.45, 7) is 4.34. The van der Waals surface area contributed by atoms with Crippen molar-refractivity contribution < 1.29 is 19.5 Å². The van der Waals surface area contributed by atoms with Gasteiger partial charge in [-0.3, -0.25) is 14.6 Å². The lowest BCUT2D eigenvalue weighted by molar-refractivity contribution is -0.123. The summed E-state index contributed by atoms with van der Waals surface area (Å²) in [6, 6.07) is -0.528. The van der Waals surface area contributed by atoms with Gasteiger partial charge >= 0.3 is 5.97 Å². The number of amides is 2. The van der Waals surface area contributed by atoms with Crippen LogP contribution in [-0.2, 0) is 9.59 Å². The fourth-order valence-corrected chi connectivity index (χ4v) is 2.21. The summed E-state index contributed by atoms with van der Waals surface area (Å²) >= 11 is 0. The highest BCUT2D eigenvalue weighted by atomic mass is 16.4. The number of aromatic nitrogens is 1. The molecule has 1 unspecified atom stereocenters. The predicted molar refractivity (Wildman–Crippen MR) is 98.5 cm³/mol. The zero-order chi connectivity index (χ0) is 19.7. The van der Waals surface area contributed by atoms with Crippen molar-refractivity contribution in [3.63, 3.8) is 0 Å². The minimum absolute atomic E-state index is 0.0351. The van der Waals surface area contributed by atoms with E-state index in [1.807, 2.05) is 13.8 Å². The molecule has 26 heavy (non-hydrogen) atoms. The van der Waals surface area contributed by atoms with Gasteiger partial charge in [-0.25, -0.2) is 4.79 Å². The number of carbonyl (C=O) groups is 3. The molecule has 7 N–H and O–H groups in total. The van der Waals surface area contributed by atoms with Gasteiger partial charge in [-0.05, 0) is 18.8 Å². The fraction of sp³-hybridized carbons (Fsp3) is 0.529. The van der Waals surface area contributed by atoms with Crippen LogP contribution in [0.5, 0.6) is 0 Å². The molecule has 1 aromatic heterocycles. The number of unbranched alkanes of at least 4 members (excludes halogenated alkanes) is 1. The van der Waals surface area contributed by atoms with E-state index in [4.69, 9.17) is 16.6 Å². The van der Waals surface area contributed by atoms with Crippen molar-refractivity contribution in [2.24, 2.45) is 11.7 Å². The van der Waals surface area contributed by atoms with Crippen LogP contribution in [0, 0.1) is 5.92 Å². The molecule has 2 amide bonds. The lowest BCUT2D eigenvalue weighted by Crippen LogP contribution is -2.44. The molecule has 0 fully saturated rings. The number of aromatic carboxylic acids is 1. The molecule has 0 aromatic carbocycles. The van der Waals surface area contributed by atoms with E-state index in [0.29, 0.717) is 19.4 Å². The van der Waals surface area contributed by atoms with Gasteiger partial charge in [0.25, 0.3) is 0 Å². The summed E-state index contributed by atoms with van der Waals surface area (Å²) in [5, 5.41) is 14.3. The SMILES string of the molecule is CCC(C)[C@H](N)C(=O)NCCCCC(=O)Nc1cncc(C(=O)O)c1N. The van der Waals surface area contributed by atoms with E-state index in [1.54, 1.807) is 0 Å². The highest BCUT2D eigenvalue weighted by molar-refractivity contribution is 6.00. The van der Waals surface area contributed by atoms with Crippen LogP contribution in [0.1, 0.15) is 49.9 Å². The molecule has 2 atom stereocenters. The largest absolute Gasteiger partial charge is 0.478 e. The highest BCUT2D eigenvalue weighted by Gasteiger charge is 2.18. The number of hydrogen-bond acceptors (Lipinski definition) is 6. The molecule has 1 aromatic rings. The average molecular weight is 365 g/mol. The zero-order valence-corrected chi connectivity index (χ0v) is 15.1. The Balaban J connectivity index is 2.35. The van der Waals surface area contributed by atoms with Crippen molar-refractivity contribution >= 4 is 29.2 Å². The van der Waals surface area contributed by atoms with E-state index in [0.717, 1.165) is 12.6 Å². The van der Waals surface area contributed by atoms with Crippen molar-refractivity contribution in [3.05, 3.63) is 18.0 Å². The van der Waals surface area contributed by atoms with Gasteiger partial charge in [0.1, 0.15) is 5.56 Å². The summed E-state index contributed by atoms with van der Waals surface area (Å²) in [5.74, 6) is -1.59. The molecule has 0 bridgehead atoms. The molecular weight excluding hydrogens is 338 g/mol. The lowest BCUT2D eigenvalue weighted by atomic mass is 9.99. The minimum Gasteiger partial charge on any atom is -0.478 e. The van der Waals surface area contributed by atoms with Crippen LogP contribution < -0.4 is 22.1 Å². The Morgan fingerprint density at radius 3 is 2.58 bits per heavy atom. The number of nitrogens with one attached hydrogen (secondary N) is 2. The van der Waals surface area contributed by atoms with Gasteiger partial charge in [-0.2, -0.15) is 0 Å². The second-order valence-corrected chi connectivity index (χ2v) is 6.16. The number of hydrogen-bond donors (Lipinski definition) is 5. The second-order valence-electron chi connectivity index (χ2n) is 6.16. The smallest absolute Gasteiger partial charge is 0.339 e. The average Bonchev–Trinajstić information content (AvgIpc) is 2.61. The quantitative estimate of drug-likeness (QED) is 0.386. The molecule has 0 aliphatic carbocycles. The van der Waals surface area contributed by atoms with E-state index < -0.39 is 12.0 Å². The molecule has 0 aliphatic heterocycles. The molecule has 0 radical (unpaired) electrons. The Bertz CT molecular complexity index is 650. The summed E-state index contributed by atoms with van der Waals surface area (Å²) in [4.78, 5) is 38.5. The molecule has 144 valence electrons. The van der Waals surface area contributed by atoms with E-state index in [1.165, 1.54) is 6.20 Å². The Morgan fingerprint density at radius 2 is 1.96 bits per heavy atom. The van der Waals surface area contributed by atoms with Gasteiger partial charge in [0.2, 0.25) is 11.8 Å². The molecule has 0 aliphatic rings. The molecule has 1 rings (SSSR count). The van der Waals surface area contributed by atoms with E-state index >= 15 is 0 Å². The topological polar surface area (TPSA) is 160 Å². The highest BCUT2D eigenvalue weighted by Crippen LogP contribution is 2.21. The van der Waals surface area contributed by atoms with Gasteiger partial charge in [0, 0.05) is 19.2 Å². The summed E-state index contributed by atoms with van der Waals surface area (Å²) in [6.07, 6.45) is 4.64. The number of nitrogens with two attached hydrogens (primary N) is 2. The summed E-state index contributed by atoms with van der Waals surface area (Å²) in [5.41, 5.74) is 11.5. The number of anilines is 2. The van der Waals surface area contributed by atoms with Crippen LogP contribution in [0.25, 0.3) is 0 Å². The first kappa shape index (κ1) is 21.4. The molecule has 9 heteroatoms. The lowest BCUT2D eigenvalue weighted by Gasteiger charge is -2.17. The van der Waals surface area contributed by atoms with Crippen molar-refractivity contribution in [1.29, 1.82) is 0 Å². The van der Waals surface area contributed by atoms with Crippen LogP contribution >= 0.6 is 0 Å². The number of carboxylic acid groups (broad SMARTS) is 1.